The molecule has 0 amide bonds. The highest BCUT2D eigenvalue weighted by Crippen LogP contribution is 2.22. The summed E-state index contributed by atoms with van der Waals surface area (Å²) >= 11 is 0. The molecular formula is C16H14BrN. The summed E-state index contributed by atoms with van der Waals surface area (Å²) in [7, 11) is 0. The van der Waals surface area contributed by atoms with Crippen LogP contribution in [-0.2, 0) is 6.54 Å². The highest BCUT2D eigenvalue weighted by molar-refractivity contribution is 6.04. The minimum Gasteiger partial charge on any atom is -1.00 e. The van der Waals surface area contributed by atoms with Gasteiger partial charge < -0.3 is 17.0 Å². The van der Waals surface area contributed by atoms with Crippen LogP contribution in [0.5, 0.6) is 0 Å². The molecule has 3 aromatic rings. The molecule has 1 nitrogen and oxygen atoms in total. The van der Waals surface area contributed by atoms with Crippen molar-refractivity contribution in [3.05, 3.63) is 67.4 Å². The molecule has 18 heavy (non-hydrogen) atoms. The third kappa shape index (κ3) is 2.04. The monoisotopic (exact) mass is 299 g/mol. The normalized spacial score (nSPS) is 10.2. The Balaban J connectivity index is 0.00000120. The number of benzene rings is 2. The first kappa shape index (κ1) is 12.8. The zero-order chi connectivity index (χ0) is 11.7. The molecule has 0 bridgehead atoms. The number of nitrogens with zero attached hydrogens (tertiary/aromatic N) is 1. The Morgan fingerprint density at radius 2 is 1.72 bits per heavy atom. The number of hydrogen-bond donors (Lipinski definition) is 0. The van der Waals surface area contributed by atoms with Crippen LogP contribution in [0.1, 0.15) is 0 Å². The fraction of sp³-hybridized carbons (Fsp3) is 0.0625. The van der Waals surface area contributed by atoms with E-state index in [1.165, 1.54) is 21.7 Å². The third-order valence-corrected chi connectivity index (χ3v) is 3.11. The second kappa shape index (κ2) is 5.32. The van der Waals surface area contributed by atoms with Gasteiger partial charge in [-0.05, 0) is 29.0 Å². The van der Waals surface area contributed by atoms with Gasteiger partial charge in [-0.25, -0.2) is 0 Å². The first-order chi connectivity index (χ1) is 8.40. The lowest BCUT2D eigenvalue weighted by Gasteiger charge is -2.03. The van der Waals surface area contributed by atoms with E-state index in [4.69, 9.17) is 0 Å². The summed E-state index contributed by atoms with van der Waals surface area (Å²) < 4.78 is 2.22. The van der Waals surface area contributed by atoms with Crippen molar-refractivity contribution in [2.24, 2.45) is 0 Å². The SMILES string of the molecule is C=CC[n+]1cccc2c3ccccc3ccc21.[Br-]. The van der Waals surface area contributed by atoms with E-state index in [1.54, 1.807) is 0 Å². The van der Waals surface area contributed by atoms with Gasteiger partial charge in [-0.15, -0.1) is 0 Å². The molecule has 0 fully saturated rings. The van der Waals surface area contributed by atoms with Crippen molar-refractivity contribution in [1.82, 2.24) is 0 Å². The Morgan fingerprint density at radius 3 is 2.56 bits per heavy atom. The number of aromatic nitrogens is 1. The molecule has 0 aliphatic carbocycles. The van der Waals surface area contributed by atoms with Crippen LogP contribution in [0, 0.1) is 0 Å². The van der Waals surface area contributed by atoms with Gasteiger partial charge in [0, 0.05) is 12.1 Å². The molecule has 0 saturated heterocycles. The molecular weight excluding hydrogens is 286 g/mol. The quantitative estimate of drug-likeness (QED) is 0.368. The Bertz CT molecular complexity index is 704. The van der Waals surface area contributed by atoms with Crippen molar-refractivity contribution in [1.29, 1.82) is 0 Å². The van der Waals surface area contributed by atoms with Crippen molar-refractivity contribution >= 4 is 21.7 Å². The zero-order valence-electron chi connectivity index (χ0n) is 10.0. The highest BCUT2D eigenvalue weighted by atomic mass is 79.9. The van der Waals surface area contributed by atoms with Crippen LogP contribution >= 0.6 is 0 Å². The standard InChI is InChI=1S/C16H14N.BrH/c1-2-11-17-12-5-8-15-14-7-4-3-6-13(14)9-10-16(15)17;/h2-10,12H,1,11H2;1H/q+1;/p-1. The summed E-state index contributed by atoms with van der Waals surface area (Å²) in [5.41, 5.74) is 1.26. The summed E-state index contributed by atoms with van der Waals surface area (Å²) in [6, 6.07) is 17.1. The Hall–Kier alpha value is -1.67. The van der Waals surface area contributed by atoms with Crippen molar-refractivity contribution in [2.45, 2.75) is 6.54 Å². The van der Waals surface area contributed by atoms with E-state index in [0.717, 1.165) is 6.54 Å². The summed E-state index contributed by atoms with van der Waals surface area (Å²) in [5.74, 6) is 0. The first-order valence-electron chi connectivity index (χ1n) is 5.81. The van der Waals surface area contributed by atoms with Gasteiger partial charge in [-0.3, -0.25) is 0 Å². The maximum absolute atomic E-state index is 3.80. The fourth-order valence-corrected chi connectivity index (χ4v) is 2.33. The van der Waals surface area contributed by atoms with Gasteiger partial charge in [0.05, 0.1) is 5.39 Å². The van der Waals surface area contributed by atoms with Crippen LogP contribution in [0.15, 0.2) is 67.4 Å². The summed E-state index contributed by atoms with van der Waals surface area (Å²) in [6.07, 6.45) is 4.02. The average molecular weight is 300 g/mol. The van der Waals surface area contributed by atoms with Crippen LogP contribution in [0.4, 0.5) is 0 Å². The van der Waals surface area contributed by atoms with Gasteiger partial charge in [0.2, 0.25) is 5.52 Å². The zero-order valence-corrected chi connectivity index (χ0v) is 11.6. The Kier molecular flexibility index (Phi) is 3.78. The van der Waals surface area contributed by atoms with E-state index in [9.17, 15) is 0 Å². The fourth-order valence-electron chi connectivity index (χ4n) is 2.33. The second-order valence-electron chi connectivity index (χ2n) is 4.17. The maximum atomic E-state index is 3.80. The molecule has 0 saturated carbocycles. The summed E-state index contributed by atoms with van der Waals surface area (Å²) in [4.78, 5) is 0. The second-order valence-corrected chi connectivity index (χ2v) is 4.17. The average Bonchev–Trinajstić information content (AvgIpc) is 2.39. The summed E-state index contributed by atoms with van der Waals surface area (Å²) in [5, 5.41) is 3.90. The molecule has 0 spiro atoms. The van der Waals surface area contributed by atoms with E-state index in [-0.39, 0.29) is 17.0 Å². The van der Waals surface area contributed by atoms with Crippen LogP contribution < -0.4 is 21.5 Å². The smallest absolute Gasteiger partial charge is 0.213 e. The van der Waals surface area contributed by atoms with Crippen LogP contribution in [0.2, 0.25) is 0 Å². The third-order valence-electron chi connectivity index (χ3n) is 3.11. The molecule has 0 N–H and O–H groups in total. The van der Waals surface area contributed by atoms with Crippen molar-refractivity contribution < 1.29 is 21.5 Å². The number of pyridine rings is 1. The lowest BCUT2D eigenvalue weighted by atomic mass is 10.1. The van der Waals surface area contributed by atoms with Gasteiger partial charge in [-0.2, -0.15) is 4.57 Å². The summed E-state index contributed by atoms with van der Waals surface area (Å²) in [6.45, 7) is 4.65. The molecule has 90 valence electrons. The first-order valence-corrected chi connectivity index (χ1v) is 5.81. The molecule has 0 aliphatic heterocycles. The molecule has 3 rings (SSSR count). The largest absolute Gasteiger partial charge is 1.00 e. The molecule has 2 heteroatoms. The van der Waals surface area contributed by atoms with Gasteiger partial charge in [0.25, 0.3) is 0 Å². The van der Waals surface area contributed by atoms with E-state index in [2.05, 4.69) is 65.9 Å². The maximum Gasteiger partial charge on any atom is 0.213 e. The van der Waals surface area contributed by atoms with E-state index >= 15 is 0 Å². The van der Waals surface area contributed by atoms with Crippen LogP contribution in [-0.4, -0.2) is 0 Å². The Labute approximate surface area is 117 Å². The predicted octanol–water partition coefficient (Wildman–Crippen LogP) is 0.470. The molecule has 0 unspecified atom stereocenters. The number of hydrogen-bond acceptors (Lipinski definition) is 0. The topological polar surface area (TPSA) is 3.88 Å². The Morgan fingerprint density at radius 1 is 0.944 bits per heavy atom. The molecule has 0 radical (unpaired) electrons. The van der Waals surface area contributed by atoms with Crippen LogP contribution in [0.3, 0.4) is 0 Å². The van der Waals surface area contributed by atoms with Gasteiger partial charge in [0.1, 0.15) is 0 Å². The van der Waals surface area contributed by atoms with E-state index < -0.39 is 0 Å². The van der Waals surface area contributed by atoms with Gasteiger partial charge >= 0.3 is 0 Å². The van der Waals surface area contributed by atoms with Gasteiger partial charge in [0.15, 0.2) is 12.7 Å². The highest BCUT2D eigenvalue weighted by Gasteiger charge is 2.08. The minimum absolute atomic E-state index is 0. The molecule has 1 aromatic heterocycles. The minimum atomic E-state index is 0. The van der Waals surface area contributed by atoms with E-state index in [0.29, 0.717) is 0 Å². The molecule has 2 aromatic carbocycles. The van der Waals surface area contributed by atoms with E-state index in [1.807, 2.05) is 6.08 Å². The van der Waals surface area contributed by atoms with Crippen molar-refractivity contribution in [3.63, 3.8) is 0 Å². The molecule has 0 atom stereocenters. The van der Waals surface area contributed by atoms with Crippen molar-refractivity contribution in [2.75, 3.05) is 0 Å². The predicted molar refractivity (Wildman–Crippen MR) is 71.8 cm³/mol. The number of allylic oxidation sites excluding steroid dienone is 1. The lowest BCUT2D eigenvalue weighted by molar-refractivity contribution is -0.660. The molecule has 1 heterocycles. The van der Waals surface area contributed by atoms with Crippen LogP contribution in [0.25, 0.3) is 21.7 Å². The van der Waals surface area contributed by atoms with Gasteiger partial charge in [-0.1, -0.05) is 30.8 Å². The number of halogens is 1. The lowest BCUT2D eigenvalue weighted by Crippen LogP contribution is -3.00. The number of rotatable bonds is 2. The molecule has 0 aliphatic rings. The number of fused-ring (bicyclic) bond motifs is 3. The van der Waals surface area contributed by atoms with Crippen molar-refractivity contribution in [3.8, 4) is 0 Å².